The standard InChI is InChI=1S/2C3H7NS2.Se/c2*1-4(2)3(5)6;/h2*1-2H3,(H,5,6);/q;;+2/p-2. The summed E-state index contributed by atoms with van der Waals surface area (Å²) in [7, 11) is 7.31. The van der Waals surface area contributed by atoms with E-state index in [1.54, 1.807) is 9.80 Å². The molecular weight excluding hydrogens is 307 g/mol. The second-order valence-electron chi connectivity index (χ2n) is 2.32. The maximum absolute atomic E-state index is 4.56. The zero-order valence-electron chi connectivity index (χ0n) is 7.94. The van der Waals surface area contributed by atoms with Gasteiger partial charge in [-0.3, -0.25) is 0 Å². The number of hydrogen-bond acceptors (Lipinski definition) is 4. The largest absolute Gasteiger partial charge is 2.00 e. The molecular formula is C6H12N2S4Se. The van der Waals surface area contributed by atoms with Crippen LogP contribution in [0.1, 0.15) is 0 Å². The first-order valence-electron chi connectivity index (χ1n) is 3.05. The summed E-state index contributed by atoms with van der Waals surface area (Å²) < 4.78 is 1.02. The first-order chi connectivity index (χ1) is 5.29. The van der Waals surface area contributed by atoms with Crippen molar-refractivity contribution >= 4 is 75.4 Å². The molecule has 0 N–H and O–H groups in total. The fourth-order valence-electron chi connectivity index (χ4n) is 0. The first-order valence-corrected chi connectivity index (χ1v) is 4.69. The van der Waals surface area contributed by atoms with E-state index in [0.29, 0.717) is 8.64 Å². The summed E-state index contributed by atoms with van der Waals surface area (Å²) in [4.78, 5) is 3.43. The third-order valence-corrected chi connectivity index (χ3v) is 2.19. The summed E-state index contributed by atoms with van der Waals surface area (Å²) in [6.07, 6.45) is 0. The van der Waals surface area contributed by atoms with Crippen molar-refractivity contribution < 1.29 is 0 Å². The van der Waals surface area contributed by atoms with Gasteiger partial charge in [-0.1, -0.05) is 8.64 Å². The SMILES string of the molecule is CN(C)C(=S)[S-].CN(C)C(=S)[S-].[Se+2]. The van der Waals surface area contributed by atoms with E-state index in [1.807, 2.05) is 28.2 Å². The van der Waals surface area contributed by atoms with Crippen molar-refractivity contribution in [3.63, 3.8) is 0 Å². The Labute approximate surface area is 113 Å². The molecule has 0 fully saturated rings. The Morgan fingerprint density at radius 3 is 0.923 bits per heavy atom. The van der Waals surface area contributed by atoms with Crippen LogP contribution < -0.4 is 0 Å². The van der Waals surface area contributed by atoms with Gasteiger partial charge in [0.1, 0.15) is 0 Å². The molecule has 0 heterocycles. The molecule has 0 amide bonds. The predicted molar refractivity (Wildman–Crippen MR) is 73.1 cm³/mol. The van der Waals surface area contributed by atoms with Gasteiger partial charge < -0.3 is 59.5 Å². The van der Waals surface area contributed by atoms with Gasteiger partial charge >= 0.3 is 17.1 Å². The minimum Gasteiger partial charge on any atom is -0.411 e. The molecule has 0 aliphatic carbocycles. The molecule has 7 heteroatoms. The minimum absolute atomic E-state index is 0. The van der Waals surface area contributed by atoms with Crippen molar-refractivity contribution in [1.29, 1.82) is 0 Å². The zero-order valence-corrected chi connectivity index (χ0v) is 12.9. The molecule has 4 radical (unpaired) electrons. The third kappa shape index (κ3) is 19.2. The van der Waals surface area contributed by atoms with Gasteiger partial charge in [0.15, 0.2) is 0 Å². The van der Waals surface area contributed by atoms with Gasteiger partial charge in [0, 0.05) is 28.2 Å². The molecule has 2 nitrogen and oxygen atoms in total. The number of hydrogen-bond donors (Lipinski definition) is 0. The van der Waals surface area contributed by atoms with Crippen LogP contribution >= 0.6 is 24.4 Å². The molecule has 0 saturated heterocycles. The maximum Gasteiger partial charge on any atom is 2.00 e. The monoisotopic (exact) mass is 320 g/mol. The Morgan fingerprint density at radius 1 is 0.846 bits per heavy atom. The van der Waals surface area contributed by atoms with E-state index in [2.05, 4.69) is 49.7 Å². The minimum atomic E-state index is 0. The summed E-state index contributed by atoms with van der Waals surface area (Å²) in [5.41, 5.74) is 0. The molecule has 0 atom stereocenters. The fourth-order valence-corrected chi connectivity index (χ4v) is 0. The van der Waals surface area contributed by atoms with E-state index in [4.69, 9.17) is 0 Å². The topological polar surface area (TPSA) is 6.48 Å². The molecule has 0 saturated carbocycles. The molecule has 13 heavy (non-hydrogen) atoms. The molecule has 0 rings (SSSR count). The van der Waals surface area contributed by atoms with Crippen LogP contribution in [-0.4, -0.2) is 63.7 Å². The number of thiocarbonyl (C=S) groups is 2. The van der Waals surface area contributed by atoms with Crippen LogP contribution in [0.3, 0.4) is 0 Å². The van der Waals surface area contributed by atoms with Gasteiger partial charge in [-0.2, -0.15) is 0 Å². The first kappa shape index (κ1) is 19.3. The van der Waals surface area contributed by atoms with E-state index in [0.717, 1.165) is 0 Å². The summed E-state index contributed by atoms with van der Waals surface area (Å²) in [6, 6.07) is 0. The van der Waals surface area contributed by atoms with Crippen molar-refractivity contribution in [3.8, 4) is 0 Å². The second kappa shape index (κ2) is 10.8. The van der Waals surface area contributed by atoms with E-state index in [1.165, 1.54) is 0 Å². The summed E-state index contributed by atoms with van der Waals surface area (Å²) in [6.45, 7) is 0. The summed E-state index contributed by atoms with van der Waals surface area (Å²) in [5.74, 6) is 0. The average Bonchev–Trinajstić information content (AvgIpc) is 1.88. The van der Waals surface area contributed by atoms with Gasteiger partial charge in [0.25, 0.3) is 0 Å². The summed E-state index contributed by atoms with van der Waals surface area (Å²) >= 11 is 18.2. The van der Waals surface area contributed by atoms with Crippen LogP contribution in [-0.2, 0) is 25.3 Å². The molecule has 0 spiro atoms. The Kier molecular flexibility index (Phi) is 16.1. The van der Waals surface area contributed by atoms with E-state index in [9.17, 15) is 0 Å². The van der Waals surface area contributed by atoms with E-state index >= 15 is 0 Å². The Bertz CT molecular complexity index is 143. The van der Waals surface area contributed by atoms with Gasteiger partial charge in [-0.15, -0.1) is 0 Å². The zero-order chi connectivity index (χ0) is 10.3. The molecule has 0 aromatic rings. The van der Waals surface area contributed by atoms with Gasteiger partial charge in [0.05, 0.1) is 0 Å². The number of nitrogens with zero attached hydrogens (tertiary/aromatic N) is 2. The van der Waals surface area contributed by atoms with Crippen molar-refractivity contribution in [1.82, 2.24) is 9.80 Å². The van der Waals surface area contributed by atoms with Crippen LogP contribution in [0, 0.1) is 0 Å². The van der Waals surface area contributed by atoms with Crippen molar-refractivity contribution in [2.45, 2.75) is 0 Å². The third-order valence-electron chi connectivity index (χ3n) is 0.730. The van der Waals surface area contributed by atoms with Crippen molar-refractivity contribution in [3.05, 3.63) is 0 Å². The molecule has 0 aliphatic heterocycles. The molecule has 0 aromatic heterocycles. The van der Waals surface area contributed by atoms with Crippen LogP contribution in [0.5, 0.6) is 0 Å². The van der Waals surface area contributed by atoms with E-state index < -0.39 is 0 Å². The number of rotatable bonds is 0. The van der Waals surface area contributed by atoms with Crippen LogP contribution in [0.4, 0.5) is 0 Å². The molecule has 0 bridgehead atoms. The van der Waals surface area contributed by atoms with E-state index in [-0.39, 0.29) is 17.1 Å². The van der Waals surface area contributed by atoms with Crippen LogP contribution in [0.2, 0.25) is 0 Å². The normalized spacial score (nSPS) is 7.08. The Morgan fingerprint density at radius 2 is 0.923 bits per heavy atom. The maximum atomic E-state index is 4.56. The van der Waals surface area contributed by atoms with Gasteiger partial charge in [-0.25, -0.2) is 0 Å². The fraction of sp³-hybridized carbons (Fsp3) is 0.667. The molecule has 0 unspecified atom stereocenters. The van der Waals surface area contributed by atoms with Gasteiger partial charge in [-0.05, 0) is 0 Å². The summed E-state index contributed by atoms with van der Waals surface area (Å²) in [5, 5.41) is 0. The Hall–Kier alpha value is 0.739. The molecule has 0 aromatic carbocycles. The second-order valence-corrected chi connectivity index (χ2v) is 4.38. The van der Waals surface area contributed by atoms with Crippen molar-refractivity contribution in [2.24, 2.45) is 0 Å². The Balaban J connectivity index is -0.000000143. The van der Waals surface area contributed by atoms with Crippen LogP contribution in [0.25, 0.3) is 0 Å². The molecule has 0 aliphatic rings. The average molecular weight is 319 g/mol. The molecule has 76 valence electrons. The van der Waals surface area contributed by atoms with Crippen molar-refractivity contribution in [2.75, 3.05) is 28.2 Å². The predicted octanol–water partition coefficient (Wildman–Crippen LogP) is 0.379. The van der Waals surface area contributed by atoms with Gasteiger partial charge in [0.2, 0.25) is 0 Å². The quantitative estimate of drug-likeness (QED) is 0.359. The van der Waals surface area contributed by atoms with Crippen LogP contribution in [0.15, 0.2) is 0 Å². The smallest absolute Gasteiger partial charge is 0.411 e.